The minimum Gasteiger partial charge on any atom is -0.394 e. The second-order valence-corrected chi connectivity index (χ2v) is 31.0. The van der Waals surface area contributed by atoms with Gasteiger partial charge in [0.15, 0.2) is 62.9 Å². The molecule has 0 aromatic rings. The Balaban J connectivity index is 1.01. The number of aliphatic hydroxyl groups is 27. The summed E-state index contributed by atoms with van der Waals surface area (Å²) in [5.74, 6) is -3.75. The van der Waals surface area contributed by atoms with Crippen molar-refractivity contribution < 1.29 is 247 Å². The Kier molecular flexibility index (Phi) is 35.8. The zero-order valence-corrected chi connectivity index (χ0v) is 65.7. The number of carbonyl (C=O) groups is 4. The number of aliphatic hydroxyl groups excluding tert-OH is 27. The molecule has 706 valence electrons. The van der Waals surface area contributed by atoms with E-state index < -0.39 is 390 Å². The highest BCUT2D eigenvalue weighted by molar-refractivity contribution is 5.74. The van der Waals surface area contributed by atoms with Gasteiger partial charge in [-0.2, -0.15) is 0 Å². The fourth-order valence-electron chi connectivity index (χ4n) is 15.9. The Bertz CT molecular complexity index is 3290. The van der Waals surface area contributed by atoms with Crippen LogP contribution in [0.15, 0.2) is 0 Å². The first-order valence-electron chi connectivity index (χ1n) is 39.0. The van der Waals surface area contributed by atoms with Crippen molar-refractivity contribution in [1.82, 2.24) is 21.3 Å². The molecule has 122 heavy (non-hydrogen) atoms. The molecule has 0 unspecified atom stereocenters. The second-order valence-electron chi connectivity index (χ2n) is 31.0. The van der Waals surface area contributed by atoms with E-state index in [4.69, 9.17) is 90.0 Å². The number of carbonyl (C=O) groups excluding carboxylic acids is 4. The molecular formula is C68H114N4O50. The third kappa shape index (κ3) is 21.9. The summed E-state index contributed by atoms with van der Waals surface area (Å²) in [6.45, 7) is -5.23. The van der Waals surface area contributed by atoms with E-state index in [2.05, 4.69) is 21.3 Å². The van der Waals surface area contributed by atoms with E-state index in [1.54, 1.807) is 0 Å². The van der Waals surface area contributed by atoms with E-state index in [1.165, 1.54) is 6.92 Å². The van der Waals surface area contributed by atoms with Crippen LogP contribution >= 0.6 is 0 Å². The lowest BCUT2D eigenvalue weighted by atomic mass is 9.93. The smallest absolute Gasteiger partial charge is 0.217 e. The molecule has 0 aliphatic carbocycles. The highest BCUT2D eigenvalue weighted by atomic mass is 16.8. The van der Waals surface area contributed by atoms with Crippen LogP contribution in [0, 0.1) is 0 Å². The summed E-state index contributed by atoms with van der Waals surface area (Å²) in [5.41, 5.74) is 0. The van der Waals surface area contributed by atoms with Crippen molar-refractivity contribution in [3.05, 3.63) is 0 Å². The summed E-state index contributed by atoms with van der Waals surface area (Å²) in [5, 5.41) is 311. The van der Waals surface area contributed by atoms with E-state index in [9.17, 15) is 157 Å². The largest absolute Gasteiger partial charge is 0.394 e. The van der Waals surface area contributed by atoms with E-state index in [0.29, 0.717) is 0 Å². The van der Waals surface area contributed by atoms with Crippen molar-refractivity contribution in [3.63, 3.8) is 0 Å². The lowest BCUT2D eigenvalue weighted by Gasteiger charge is -2.52. The van der Waals surface area contributed by atoms with Crippen LogP contribution < -0.4 is 21.3 Å². The minimum absolute atomic E-state index is 0.803. The molecule has 10 aliphatic rings. The van der Waals surface area contributed by atoms with Gasteiger partial charge in [0.1, 0.15) is 238 Å². The van der Waals surface area contributed by atoms with Gasteiger partial charge in [0.25, 0.3) is 0 Å². The molecule has 54 nitrogen and oxygen atoms in total. The summed E-state index contributed by atoms with van der Waals surface area (Å²) in [4.78, 5) is 51.8. The lowest BCUT2D eigenvalue weighted by molar-refractivity contribution is -0.403. The molecule has 54 heteroatoms. The van der Waals surface area contributed by atoms with Crippen LogP contribution in [0.4, 0.5) is 0 Å². The number of hydrogen-bond acceptors (Lipinski definition) is 50. The molecule has 0 aromatic heterocycles. The normalized spacial score (nSPS) is 49.7. The molecule has 10 heterocycles. The lowest BCUT2D eigenvalue weighted by Crippen LogP contribution is -2.71. The minimum atomic E-state index is -2.64. The van der Waals surface area contributed by atoms with E-state index >= 15 is 0 Å². The Morgan fingerprint density at radius 2 is 0.508 bits per heavy atom. The zero-order valence-electron chi connectivity index (χ0n) is 65.7. The summed E-state index contributed by atoms with van der Waals surface area (Å²) in [6.07, 6.45) is -97.0. The number of amides is 4. The highest BCUT2D eigenvalue weighted by Gasteiger charge is 2.62. The van der Waals surface area contributed by atoms with E-state index in [0.717, 1.165) is 27.7 Å². The summed E-state index contributed by atoms with van der Waals surface area (Å²) in [6, 6.07) is -7.63. The quantitative estimate of drug-likeness (QED) is 0.0306. The molecule has 0 radical (unpaired) electrons. The molecule has 0 spiro atoms. The van der Waals surface area contributed by atoms with Crippen molar-refractivity contribution in [2.75, 3.05) is 59.5 Å². The predicted octanol–water partition coefficient (Wildman–Crippen LogP) is -21.2. The first-order valence-corrected chi connectivity index (χ1v) is 39.0. The Hall–Kier alpha value is -3.96. The number of rotatable bonds is 31. The van der Waals surface area contributed by atoms with Gasteiger partial charge in [0, 0.05) is 27.7 Å². The Morgan fingerprint density at radius 1 is 0.230 bits per heavy atom. The van der Waals surface area contributed by atoms with Gasteiger partial charge in [-0.3, -0.25) is 19.2 Å². The first-order chi connectivity index (χ1) is 57.7. The summed E-state index contributed by atoms with van der Waals surface area (Å²) < 4.78 is 114. The predicted molar refractivity (Wildman–Crippen MR) is 375 cm³/mol. The van der Waals surface area contributed by atoms with Crippen LogP contribution in [-0.2, 0) is 109 Å². The van der Waals surface area contributed by atoms with Gasteiger partial charge >= 0.3 is 0 Å². The van der Waals surface area contributed by atoms with Gasteiger partial charge in [0.2, 0.25) is 23.6 Å². The Morgan fingerprint density at radius 3 is 0.934 bits per heavy atom. The van der Waals surface area contributed by atoms with Crippen LogP contribution in [0.5, 0.6) is 0 Å². The van der Waals surface area contributed by atoms with E-state index in [1.807, 2.05) is 0 Å². The van der Waals surface area contributed by atoms with Gasteiger partial charge in [-0.1, -0.05) is 0 Å². The topological polar surface area (TPSA) is 838 Å². The van der Waals surface area contributed by atoms with Crippen LogP contribution in [0.2, 0.25) is 0 Å². The maximum absolute atomic E-state index is 13.5. The molecular weight excluding hydrogens is 1670 g/mol. The molecule has 31 N–H and O–H groups in total. The summed E-state index contributed by atoms with van der Waals surface area (Å²) in [7, 11) is 0. The highest BCUT2D eigenvalue weighted by Crippen LogP contribution is 2.41. The molecule has 10 saturated heterocycles. The molecule has 0 aromatic carbocycles. The summed E-state index contributed by atoms with van der Waals surface area (Å²) >= 11 is 0. The molecule has 4 amide bonds. The zero-order chi connectivity index (χ0) is 89.8. The van der Waals surface area contributed by atoms with E-state index in [-0.39, 0.29) is 0 Å². The van der Waals surface area contributed by atoms with Crippen molar-refractivity contribution >= 4 is 23.6 Å². The van der Waals surface area contributed by atoms with Crippen LogP contribution in [0.25, 0.3) is 0 Å². The molecule has 10 fully saturated rings. The van der Waals surface area contributed by atoms with Gasteiger partial charge in [-0.05, 0) is 6.92 Å². The molecule has 0 bridgehead atoms. The monoisotopic (exact) mass is 1790 g/mol. The Labute approximate surface area is 691 Å². The van der Waals surface area contributed by atoms with Crippen molar-refractivity contribution in [2.24, 2.45) is 0 Å². The average molecular weight is 1790 g/mol. The SMILES string of the molecule is CC(=O)N[C@@H]1[C@@H](O)[C@H](O[C@@H]2O[C@H](CO)[C@@H](O[C@@H]3O[C@H](CO[C@H]4O[C@H](CO)[C@@H](O)[C@H](O)[C@@H]4O[C@@H]4O[C@H](CO)[C@@H](O[C@@H]5O[C@H](CO)[C@H](O)[C@H](O)[C@H]5O)[C@H](O)[C@H]4NC(C)=O)[C@@H](O)[C@H](O[C@H]4O[C@H](CO)[C@@H](O)[C@H](O)[C@@H]4O[C@@H]4O[C@H](CO)[C@@H](O[C@@H]5O[C@H](CO)[C@H](O)[C@H](O)[C@H]5O)[C@H](O[C@@H]5O[C@@H](C)[C@@H](O)[C@@H](O)[C@@H]5O)[C@H]4NC(C)=O)[C@@H]3O)[C@H](O)[C@H]2NC(C)=O)[C@@H](CO)O[C@H]1O. The maximum Gasteiger partial charge on any atom is 0.217 e. The van der Waals surface area contributed by atoms with Crippen LogP contribution in [0.3, 0.4) is 0 Å². The maximum atomic E-state index is 13.5. The second kappa shape index (κ2) is 43.6. The number of hydrogen-bond donors (Lipinski definition) is 31. The molecule has 10 rings (SSSR count). The van der Waals surface area contributed by atoms with Crippen molar-refractivity contribution in [3.8, 4) is 0 Å². The average Bonchev–Trinajstić information content (AvgIpc) is 0.739. The van der Waals surface area contributed by atoms with Crippen molar-refractivity contribution in [1.29, 1.82) is 0 Å². The van der Waals surface area contributed by atoms with Crippen LogP contribution in [0.1, 0.15) is 34.6 Å². The van der Waals surface area contributed by atoms with Crippen LogP contribution in [-0.4, -0.2) is 528 Å². The molecule has 50 atom stereocenters. The van der Waals surface area contributed by atoms with Gasteiger partial charge in [-0.25, -0.2) is 0 Å². The number of nitrogens with one attached hydrogen (secondary N) is 4. The molecule has 10 aliphatic heterocycles. The third-order valence-corrected chi connectivity index (χ3v) is 22.4. The standard InChI is InChI=1S/C68H114N4O50/c1-15-33(85)42(94)47(99)63(105-15)119-55-32(72-19(5)84)62(113-27(13-80)54(55)118-65-49(101)44(96)35(87)21(7-74)108-65)122-58-46(98)37(89)23(9-76)110-68(58)120-56-38(90)28(114-66(50(56)102)117-53-26(12-79)111-60(30(40(53)92)70-17(3)82)115-51-24(10-77)106-59(103)29(39(51)91)69-16(2)81)14-104-67-57(45(97)36(88)22(8-75)109-67)121-61-31(71-18(4)83)41(93)52(25(11-78)112-61)116-64-48(100)43(95)34(86)20(6-73)107-64/h15,20-68,73-80,85-103H,6-14H2,1-5H3,(H,69,81)(H,70,82)(H,71,83)(H,72,84)/t15-,20+,21+,22+,23+,24+,25+,26+,27+,28+,29+,30+,31+,32+,33+,34-,35-,36+,37+,38+,39+,40+,41+,42+,43-,44-,45-,46-,47-,48+,49+,50-,51+,52+,53+,54+,55+,56-,57-,58-,59+,60-,61-,62-,63-,64-,65-,66-,67-,68+/m0/s1. The van der Waals surface area contributed by atoms with Crippen molar-refractivity contribution in [2.45, 2.75) is 341 Å². The first kappa shape index (κ1) is 100. The number of ether oxygens (including phenoxy) is 19. The third-order valence-electron chi connectivity index (χ3n) is 22.4. The van der Waals surface area contributed by atoms with Gasteiger partial charge < -0.3 is 249 Å². The molecule has 0 saturated carbocycles. The van der Waals surface area contributed by atoms with Gasteiger partial charge in [0.05, 0.1) is 65.6 Å². The fraction of sp³-hybridized carbons (Fsp3) is 0.941. The fourth-order valence-corrected chi connectivity index (χ4v) is 15.9. The van der Waals surface area contributed by atoms with Gasteiger partial charge in [-0.15, -0.1) is 0 Å².